The second-order valence-corrected chi connectivity index (χ2v) is 6.29. The van der Waals surface area contributed by atoms with Crippen LogP contribution < -0.4 is 0 Å². The van der Waals surface area contributed by atoms with E-state index in [2.05, 4.69) is 0 Å². The van der Waals surface area contributed by atoms with Gasteiger partial charge in [-0.3, -0.25) is 19.7 Å². The molecule has 0 spiro atoms. The molecule has 1 aliphatic rings. The Morgan fingerprint density at radius 1 is 1.11 bits per heavy atom. The molecule has 2 aromatic rings. The van der Waals surface area contributed by atoms with Gasteiger partial charge in [-0.2, -0.15) is 0 Å². The lowest BCUT2D eigenvalue weighted by molar-refractivity contribution is -0.384. The summed E-state index contributed by atoms with van der Waals surface area (Å²) in [4.78, 5) is 37.1. The largest absolute Gasteiger partial charge is 0.507 e. The summed E-state index contributed by atoms with van der Waals surface area (Å²) in [6.07, 6.45) is 0.226. The van der Waals surface area contributed by atoms with Gasteiger partial charge in [0.05, 0.1) is 16.5 Å². The molecule has 1 fully saturated rings. The molecule has 1 heterocycles. The minimum atomic E-state index is -0.980. The van der Waals surface area contributed by atoms with Gasteiger partial charge in [-0.15, -0.1) is 0 Å². The van der Waals surface area contributed by atoms with Crippen molar-refractivity contribution in [1.82, 2.24) is 4.90 Å². The molecule has 8 heteroatoms. The average molecular weight is 382 g/mol. The summed E-state index contributed by atoms with van der Waals surface area (Å²) < 4.78 is 0. The molecule has 2 aromatic carbocycles. The van der Waals surface area contributed by atoms with E-state index in [0.717, 1.165) is 0 Å². The van der Waals surface area contributed by atoms with Gasteiger partial charge < -0.3 is 15.1 Å². The number of carbonyl (C=O) groups is 2. The molecule has 144 valence electrons. The van der Waals surface area contributed by atoms with Crippen LogP contribution in [0.2, 0.25) is 0 Å². The number of aliphatic hydroxyl groups is 2. The van der Waals surface area contributed by atoms with Crippen LogP contribution in [0.1, 0.15) is 23.6 Å². The summed E-state index contributed by atoms with van der Waals surface area (Å²) in [5.41, 5.74) is 0.376. The zero-order valence-electron chi connectivity index (χ0n) is 14.8. The fourth-order valence-electron chi connectivity index (χ4n) is 3.26. The van der Waals surface area contributed by atoms with Crippen molar-refractivity contribution in [3.8, 4) is 0 Å². The first kappa shape index (κ1) is 19.2. The number of amides is 1. The maximum Gasteiger partial charge on any atom is 0.295 e. The van der Waals surface area contributed by atoms with E-state index in [4.69, 9.17) is 5.11 Å². The molecule has 1 unspecified atom stereocenters. The Balaban J connectivity index is 2.18. The maximum absolute atomic E-state index is 12.7. The third-order valence-electron chi connectivity index (χ3n) is 4.54. The number of benzene rings is 2. The number of ketones is 1. The van der Waals surface area contributed by atoms with E-state index >= 15 is 0 Å². The second kappa shape index (κ2) is 8.01. The average Bonchev–Trinajstić information content (AvgIpc) is 2.97. The van der Waals surface area contributed by atoms with Gasteiger partial charge in [-0.05, 0) is 12.0 Å². The van der Waals surface area contributed by atoms with E-state index in [1.165, 1.54) is 23.1 Å². The summed E-state index contributed by atoms with van der Waals surface area (Å²) >= 11 is 0. The third kappa shape index (κ3) is 3.49. The molecule has 1 atom stereocenters. The van der Waals surface area contributed by atoms with E-state index in [9.17, 15) is 24.8 Å². The van der Waals surface area contributed by atoms with Crippen molar-refractivity contribution >= 4 is 23.1 Å². The molecule has 1 aliphatic heterocycles. The number of hydrogen-bond donors (Lipinski definition) is 2. The molecule has 0 aromatic heterocycles. The molecule has 1 saturated heterocycles. The van der Waals surface area contributed by atoms with Crippen LogP contribution in [-0.2, 0) is 9.59 Å². The fourth-order valence-corrected chi connectivity index (χ4v) is 3.26. The van der Waals surface area contributed by atoms with Crippen LogP contribution in [0.25, 0.3) is 5.76 Å². The fraction of sp³-hybridized carbons (Fsp3) is 0.200. The van der Waals surface area contributed by atoms with Gasteiger partial charge in [-0.1, -0.05) is 42.5 Å². The van der Waals surface area contributed by atoms with Crippen LogP contribution in [0.3, 0.4) is 0 Å². The maximum atomic E-state index is 12.7. The molecule has 8 nitrogen and oxygen atoms in total. The van der Waals surface area contributed by atoms with E-state index in [0.29, 0.717) is 11.1 Å². The summed E-state index contributed by atoms with van der Waals surface area (Å²) in [6, 6.07) is 12.9. The number of likely N-dealkylation sites (tertiary alicyclic amines) is 1. The van der Waals surface area contributed by atoms with E-state index < -0.39 is 22.7 Å². The smallest absolute Gasteiger partial charge is 0.295 e. The Labute approximate surface area is 160 Å². The lowest BCUT2D eigenvalue weighted by Crippen LogP contribution is -2.31. The first-order valence-corrected chi connectivity index (χ1v) is 8.64. The Kier molecular flexibility index (Phi) is 5.51. The minimum absolute atomic E-state index is 0.0694. The third-order valence-corrected chi connectivity index (χ3v) is 4.54. The van der Waals surface area contributed by atoms with Gasteiger partial charge >= 0.3 is 0 Å². The Bertz CT molecular complexity index is 954. The van der Waals surface area contributed by atoms with Crippen LogP contribution in [0.15, 0.2) is 60.2 Å². The number of nitro benzene ring substituents is 1. The van der Waals surface area contributed by atoms with Crippen molar-refractivity contribution < 1.29 is 24.7 Å². The predicted octanol–water partition coefficient (Wildman–Crippen LogP) is 2.40. The zero-order valence-corrected chi connectivity index (χ0v) is 14.8. The molecule has 28 heavy (non-hydrogen) atoms. The highest BCUT2D eigenvalue weighted by molar-refractivity contribution is 6.46. The molecular formula is C20H18N2O6. The highest BCUT2D eigenvalue weighted by Crippen LogP contribution is 2.40. The highest BCUT2D eigenvalue weighted by Gasteiger charge is 2.46. The molecule has 0 radical (unpaired) electrons. The number of nitro groups is 1. The van der Waals surface area contributed by atoms with Crippen molar-refractivity contribution in [2.75, 3.05) is 13.2 Å². The predicted molar refractivity (Wildman–Crippen MR) is 100 cm³/mol. The van der Waals surface area contributed by atoms with Gasteiger partial charge in [-0.25, -0.2) is 0 Å². The highest BCUT2D eigenvalue weighted by atomic mass is 16.6. The standard InChI is InChI=1S/C20H18N2O6/c23-11-5-10-21-17(14-8-4-9-15(12-14)22(27)28)16(19(25)20(21)26)18(24)13-6-2-1-3-7-13/h1-4,6-9,12,17,23-24H,5,10-11H2. The Morgan fingerprint density at radius 2 is 1.82 bits per heavy atom. The molecule has 2 N–H and O–H groups in total. The number of rotatable bonds is 6. The summed E-state index contributed by atoms with van der Waals surface area (Å²) in [6.45, 7) is -0.122. The van der Waals surface area contributed by atoms with Crippen LogP contribution >= 0.6 is 0 Å². The molecule has 1 amide bonds. The normalized spacial score (nSPS) is 18.5. The monoisotopic (exact) mass is 382 g/mol. The van der Waals surface area contributed by atoms with Crippen LogP contribution in [0.5, 0.6) is 0 Å². The van der Waals surface area contributed by atoms with Gasteiger partial charge in [0, 0.05) is 30.8 Å². The Morgan fingerprint density at radius 3 is 2.46 bits per heavy atom. The lowest BCUT2D eigenvalue weighted by atomic mass is 9.95. The van der Waals surface area contributed by atoms with Crippen molar-refractivity contribution in [3.05, 3.63) is 81.4 Å². The molecule has 3 rings (SSSR count). The van der Waals surface area contributed by atoms with Crippen molar-refractivity contribution in [3.63, 3.8) is 0 Å². The quantitative estimate of drug-likeness (QED) is 0.260. The number of aliphatic hydroxyl groups excluding tert-OH is 2. The molecule has 0 saturated carbocycles. The number of hydrogen-bond acceptors (Lipinski definition) is 6. The van der Waals surface area contributed by atoms with Crippen LogP contribution in [-0.4, -0.2) is 44.9 Å². The van der Waals surface area contributed by atoms with Gasteiger partial charge in [0.15, 0.2) is 0 Å². The molecule has 0 bridgehead atoms. The number of non-ortho nitro benzene ring substituents is 1. The van der Waals surface area contributed by atoms with Crippen molar-refractivity contribution in [1.29, 1.82) is 0 Å². The van der Waals surface area contributed by atoms with Crippen molar-refractivity contribution in [2.24, 2.45) is 0 Å². The van der Waals surface area contributed by atoms with E-state index in [1.54, 1.807) is 36.4 Å². The molecule has 0 aliphatic carbocycles. The SMILES string of the molecule is O=C1C(=O)N(CCCO)C(c2cccc([N+](=O)[O-])c2)C1=C(O)c1ccccc1. The summed E-state index contributed by atoms with van der Waals surface area (Å²) in [5.74, 6) is -2.03. The van der Waals surface area contributed by atoms with Crippen LogP contribution in [0.4, 0.5) is 5.69 Å². The number of Topliss-reactive ketones (excluding diaryl/α,β-unsaturated/α-hetero) is 1. The topological polar surface area (TPSA) is 121 Å². The van der Waals surface area contributed by atoms with Gasteiger partial charge in [0.2, 0.25) is 0 Å². The second-order valence-electron chi connectivity index (χ2n) is 6.29. The number of nitrogens with zero attached hydrogens (tertiary/aromatic N) is 2. The Hall–Kier alpha value is -3.52. The van der Waals surface area contributed by atoms with Gasteiger partial charge in [0.25, 0.3) is 17.4 Å². The first-order chi connectivity index (χ1) is 13.5. The van der Waals surface area contributed by atoms with Crippen molar-refractivity contribution in [2.45, 2.75) is 12.5 Å². The van der Waals surface area contributed by atoms with E-state index in [-0.39, 0.29) is 36.6 Å². The summed E-state index contributed by atoms with van der Waals surface area (Å²) in [5, 5.41) is 31.0. The first-order valence-electron chi connectivity index (χ1n) is 8.64. The minimum Gasteiger partial charge on any atom is -0.507 e. The zero-order chi connectivity index (χ0) is 20.3. The number of carbonyl (C=O) groups excluding carboxylic acids is 2. The lowest BCUT2D eigenvalue weighted by Gasteiger charge is -2.25. The van der Waals surface area contributed by atoms with Crippen LogP contribution in [0, 0.1) is 10.1 Å². The molecular weight excluding hydrogens is 364 g/mol. The van der Waals surface area contributed by atoms with Gasteiger partial charge in [0.1, 0.15) is 5.76 Å². The summed E-state index contributed by atoms with van der Waals surface area (Å²) in [7, 11) is 0. The van der Waals surface area contributed by atoms with E-state index in [1.807, 2.05) is 0 Å².